The van der Waals surface area contributed by atoms with Crippen LogP contribution in [0.1, 0.15) is 5.56 Å². The summed E-state index contributed by atoms with van der Waals surface area (Å²) in [6, 6.07) is 8.88. The lowest BCUT2D eigenvalue weighted by molar-refractivity contribution is 0.416. The van der Waals surface area contributed by atoms with Crippen molar-refractivity contribution in [3.8, 4) is 11.5 Å². The van der Waals surface area contributed by atoms with Gasteiger partial charge in [-0.25, -0.2) is 4.39 Å². The van der Waals surface area contributed by atoms with Crippen molar-refractivity contribution in [3.05, 3.63) is 58.6 Å². The Hall–Kier alpha value is -1.65. The molecule has 2 nitrogen and oxygen atoms in total. The Labute approximate surface area is 115 Å². The highest BCUT2D eigenvalue weighted by Gasteiger charge is 2.11. The van der Waals surface area contributed by atoms with E-state index in [9.17, 15) is 8.78 Å². The molecule has 0 amide bonds. The van der Waals surface area contributed by atoms with Crippen LogP contribution in [0.2, 0.25) is 5.02 Å². The Morgan fingerprint density at radius 1 is 1.16 bits per heavy atom. The number of ether oxygens (including phenoxy) is 1. The maximum Gasteiger partial charge on any atom is 0.201 e. The average molecular weight is 284 g/mol. The first-order chi connectivity index (χ1) is 9.11. The predicted octanol–water partition coefficient (Wildman–Crippen LogP) is 4.13. The molecule has 2 aromatic rings. The van der Waals surface area contributed by atoms with E-state index in [1.54, 1.807) is 18.2 Å². The van der Waals surface area contributed by atoms with E-state index in [1.807, 2.05) is 7.05 Å². The van der Waals surface area contributed by atoms with Crippen LogP contribution < -0.4 is 10.1 Å². The first kappa shape index (κ1) is 13.8. The Bertz CT molecular complexity index is 590. The molecule has 0 spiro atoms. The van der Waals surface area contributed by atoms with Gasteiger partial charge < -0.3 is 10.1 Å². The van der Waals surface area contributed by atoms with Crippen molar-refractivity contribution in [2.24, 2.45) is 0 Å². The Morgan fingerprint density at radius 2 is 1.95 bits per heavy atom. The van der Waals surface area contributed by atoms with Gasteiger partial charge in [-0.05, 0) is 36.9 Å². The van der Waals surface area contributed by atoms with Crippen molar-refractivity contribution in [3.63, 3.8) is 0 Å². The number of nitrogens with one attached hydrogen (secondary N) is 1. The smallest absolute Gasteiger partial charge is 0.201 e. The van der Waals surface area contributed by atoms with Gasteiger partial charge in [-0.15, -0.1) is 0 Å². The summed E-state index contributed by atoms with van der Waals surface area (Å²) in [6.07, 6.45) is 0. The van der Waals surface area contributed by atoms with E-state index in [0.717, 1.165) is 11.6 Å². The second kappa shape index (κ2) is 5.99. The summed E-state index contributed by atoms with van der Waals surface area (Å²) < 4.78 is 31.8. The van der Waals surface area contributed by atoms with E-state index in [1.165, 1.54) is 12.1 Å². The van der Waals surface area contributed by atoms with Gasteiger partial charge in [0.15, 0.2) is 11.6 Å². The summed E-state index contributed by atoms with van der Waals surface area (Å²) in [5, 5.41) is 3.33. The first-order valence-corrected chi connectivity index (χ1v) is 6.04. The van der Waals surface area contributed by atoms with Gasteiger partial charge in [0.05, 0.1) is 5.02 Å². The van der Waals surface area contributed by atoms with Gasteiger partial charge >= 0.3 is 0 Å². The lowest BCUT2D eigenvalue weighted by atomic mass is 10.2. The molecule has 1 N–H and O–H groups in total. The van der Waals surface area contributed by atoms with Gasteiger partial charge in [0.25, 0.3) is 0 Å². The first-order valence-electron chi connectivity index (χ1n) is 5.66. The Balaban J connectivity index is 2.26. The van der Waals surface area contributed by atoms with Crippen LogP contribution >= 0.6 is 11.6 Å². The second-order valence-corrected chi connectivity index (χ2v) is 4.36. The molecule has 0 radical (unpaired) electrons. The molecule has 2 aromatic carbocycles. The SMILES string of the molecule is CNCc1ccc(Oc2cccc(F)c2F)c(Cl)c1. The van der Waals surface area contributed by atoms with Crippen molar-refractivity contribution >= 4 is 11.6 Å². The molecule has 0 saturated carbocycles. The zero-order valence-electron chi connectivity index (χ0n) is 10.2. The lowest BCUT2D eigenvalue weighted by Gasteiger charge is -2.10. The average Bonchev–Trinajstić information content (AvgIpc) is 2.38. The maximum absolute atomic E-state index is 13.5. The molecule has 2 rings (SSSR count). The summed E-state index contributed by atoms with van der Waals surface area (Å²) >= 11 is 6.04. The minimum atomic E-state index is -1.03. The van der Waals surface area contributed by atoms with Gasteiger partial charge in [-0.1, -0.05) is 23.7 Å². The van der Waals surface area contributed by atoms with Crippen molar-refractivity contribution in [2.75, 3.05) is 7.05 Å². The van der Waals surface area contributed by atoms with Crippen LogP contribution in [0.25, 0.3) is 0 Å². The molecular formula is C14H12ClF2NO. The number of rotatable bonds is 4. The molecule has 0 fully saturated rings. The Kier molecular flexibility index (Phi) is 4.35. The molecule has 100 valence electrons. The molecule has 19 heavy (non-hydrogen) atoms. The molecule has 0 unspecified atom stereocenters. The quantitative estimate of drug-likeness (QED) is 0.911. The summed E-state index contributed by atoms with van der Waals surface area (Å²) in [7, 11) is 1.82. The van der Waals surface area contributed by atoms with Crippen LogP contribution in [0.5, 0.6) is 11.5 Å². The normalized spacial score (nSPS) is 10.5. The largest absolute Gasteiger partial charge is 0.453 e. The monoisotopic (exact) mass is 283 g/mol. The van der Waals surface area contributed by atoms with Crippen LogP contribution in [0, 0.1) is 11.6 Å². The van der Waals surface area contributed by atoms with Crippen LogP contribution in [-0.4, -0.2) is 7.05 Å². The zero-order valence-corrected chi connectivity index (χ0v) is 11.0. The lowest BCUT2D eigenvalue weighted by Crippen LogP contribution is -2.04. The third-order valence-electron chi connectivity index (χ3n) is 2.51. The molecule has 0 aliphatic heterocycles. The van der Waals surface area contributed by atoms with E-state index in [-0.39, 0.29) is 11.5 Å². The number of hydrogen-bond acceptors (Lipinski definition) is 2. The fourth-order valence-electron chi connectivity index (χ4n) is 1.62. The van der Waals surface area contributed by atoms with Crippen molar-refractivity contribution < 1.29 is 13.5 Å². The molecule has 0 atom stereocenters. The van der Waals surface area contributed by atoms with E-state index in [0.29, 0.717) is 11.6 Å². The maximum atomic E-state index is 13.5. The van der Waals surface area contributed by atoms with Gasteiger partial charge in [-0.2, -0.15) is 4.39 Å². The van der Waals surface area contributed by atoms with Crippen molar-refractivity contribution in [2.45, 2.75) is 6.54 Å². The van der Waals surface area contributed by atoms with Gasteiger partial charge in [0.2, 0.25) is 5.82 Å². The summed E-state index contributed by atoms with van der Waals surface area (Å²) in [4.78, 5) is 0. The molecular weight excluding hydrogens is 272 g/mol. The third-order valence-corrected chi connectivity index (χ3v) is 2.81. The molecule has 0 bridgehead atoms. The van der Waals surface area contributed by atoms with E-state index in [4.69, 9.17) is 16.3 Å². The molecule has 5 heteroatoms. The van der Waals surface area contributed by atoms with Gasteiger partial charge in [-0.3, -0.25) is 0 Å². The molecule has 0 heterocycles. The summed E-state index contributed by atoms with van der Waals surface area (Å²) in [6.45, 7) is 0.661. The number of halogens is 3. The van der Waals surface area contributed by atoms with Gasteiger partial charge in [0, 0.05) is 6.54 Å². The van der Waals surface area contributed by atoms with E-state index >= 15 is 0 Å². The third kappa shape index (κ3) is 3.22. The topological polar surface area (TPSA) is 21.3 Å². The molecule has 0 saturated heterocycles. The highest BCUT2D eigenvalue weighted by molar-refractivity contribution is 6.32. The van der Waals surface area contributed by atoms with Crippen LogP contribution in [0.4, 0.5) is 8.78 Å². The van der Waals surface area contributed by atoms with Crippen LogP contribution in [-0.2, 0) is 6.54 Å². The van der Waals surface area contributed by atoms with Crippen LogP contribution in [0.15, 0.2) is 36.4 Å². The molecule has 0 aliphatic carbocycles. The minimum absolute atomic E-state index is 0.191. The summed E-state index contributed by atoms with van der Waals surface area (Å²) in [5.74, 6) is -1.90. The highest BCUT2D eigenvalue weighted by Crippen LogP contribution is 2.32. The van der Waals surface area contributed by atoms with Crippen molar-refractivity contribution in [1.82, 2.24) is 5.32 Å². The number of hydrogen-bond donors (Lipinski definition) is 1. The zero-order chi connectivity index (χ0) is 13.8. The van der Waals surface area contributed by atoms with E-state index < -0.39 is 11.6 Å². The molecule has 0 aliphatic rings. The highest BCUT2D eigenvalue weighted by atomic mass is 35.5. The standard InChI is InChI=1S/C14H12ClF2NO/c1-18-8-9-5-6-12(10(15)7-9)19-13-4-2-3-11(16)14(13)17/h2-7,18H,8H2,1H3. The van der Waals surface area contributed by atoms with Crippen LogP contribution in [0.3, 0.4) is 0 Å². The fourth-order valence-corrected chi connectivity index (χ4v) is 1.86. The second-order valence-electron chi connectivity index (χ2n) is 3.95. The number of benzene rings is 2. The fraction of sp³-hybridized carbons (Fsp3) is 0.143. The Morgan fingerprint density at radius 3 is 2.63 bits per heavy atom. The van der Waals surface area contributed by atoms with Crippen molar-refractivity contribution in [1.29, 1.82) is 0 Å². The van der Waals surface area contributed by atoms with E-state index in [2.05, 4.69) is 5.32 Å². The molecule has 0 aromatic heterocycles. The summed E-state index contributed by atoms with van der Waals surface area (Å²) in [5.41, 5.74) is 0.972. The predicted molar refractivity (Wildman–Crippen MR) is 70.6 cm³/mol. The van der Waals surface area contributed by atoms with Gasteiger partial charge in [0.1, 0.15) is 5.75 Å². The minimum Gasteiger partial charge on any atom is -0.453 e.